The van der Waals surface area contributed by atoms with Gasteiger partial charge in [-0.3, -0.25) is 14.4 Å². The zero-order chi connectivity index (χ0) is 20.8. The molecule has 2 aromatic rings. The van der Waals surface area contributed by atoms with Crippen LogP contribution in [0.3, 0.4) is 0 Å². The van der Waals surface area contributed by atoms with E-state index in [1.807, 2.05) is 38.3 Å². The summed E-state index contributed by atoms with van der Waals surface area (Å²) < 4.78 is 6.98. The highest BCUT2D eigenvalue weighted by Gasteiger charge is 2.17. The number of hydrogen-bond donors (Lipinski definition) is 1. The summed E-state index contributed by atoms with van der Waals surface area (Å²) in [5, 5.41) is 2.51. The van der Waals surface area contributed by atoms with Crippen molar-refractivity contribution in [2.75, 3.05) is 13.2 Å². The van der Waals surface area contributed by atoms with E-state index in [0.717, 1.165) is 22.5 Å². The minimum Gasteiger partial charge on any atom is -0.456 e. The smallest absolute Gasteiger partial charge is 0.325 e. The van der Waals surface area contributed by atoms with Gasteiger partial charge in [-0.25, -0.2) is 0 Å². The summed E-state index contributed by atoms with van der Waals surface area (Å²) in [5.74, 6) is -1.30. The van der Waals surface area contributed by atoms with Gasteiger partial charge in [0, 0.05) is 29.1 Å². The molecule has 0 unspecified atom stereocenters. The lowest BCUT2D eigenvalue weighted by Gasteiger charge is -2.08. The van der Waals surface area contributed by atoms with Gasteiger partial charge in [0.25, 0.3) is 5.91 Å². The molecule has 0 bridgehead atoms. The average molecular weight is 382 g/mol. The molecule has 0 spiro atoms. The van der Waals surface area contributed by atoms with Crippen molar-refractivity contribution >= 4 is 17.7 Å². The summed E-state index contributed by atoms with van der Waals surface area (Å²) in [4.78, 5) is 36.4. The molecule has 0 aliphatic carbocycles. The Morgan fingerprint density at radius 3 is 2.46 bits per heavy atom. The molecule has 148 valence electrons. The number of hydrogen-bond acceptors (Lipinski definition) is 4. The molecule has 0 radical (unpaired) electrons. The average Bonchev–Trinajstić information content (AvgIpc) is 2.95. The highest BCUT2D eigenvalue weighted by Crippen LogP contribution is 2.16. The first kappa shape index (κ1) is 21.2. The molecule has 6 heteroatoms. The molecule has 0 saturated heterocycles. The molecule has 0 aliphatic heterocycles. The number of carbonyl (C=O) groups excluding carboxylic acids is 3. The molecule has 6 nitrogen and oxygen atoms in total. The molecule has 0 fully saturated rings. The second kappa shape index (κ2) is 9.17. The number of carbonyl (C=O) groups is 3. The maximum atomic E-state index is 12.4. The molecule has 1 aromatic heterocycles. The Hall–Kier alpha value is -3.15. The van der Waals surface area contributed by atoms with E-state index in [0.29, 0.717) is 17.7 Å². The molecule has 2 rings (SSSR count). The van der Waals surface area contributed by atoms with Crippen LogP contribution in [0, 0.1) is 27.7 Å². The summed E-state index contributed by atoms with van der Waals surface area (Å²) in [6.07, 6.45) is 1.76. The summed E-state index contributed by atoms with van der Waals surface area (Å²) in [6, 6.07) is 7.09. The van der Waals surface area contributed by atoms with Gasteiger partial charge < -0.3 is 14.6 Å². The molecular weight excluding hydrogens is 356 g/mol. The van der Waals surface area contributed by atoms with Gasteiger partial charge >= 0.3 is 5.97 Å². The fourth-order valence-electron chi connectivity index (χ4n) is 2.91. The number of allylic oxidation sites excluding steroid dienone is 1. The number of ketones is 1. The first-order chi connectivity index (χ1) is 13.2. The third-order valence-corrected chi connectivity index (χ3v) is 4.71. The normalized spacial score (nSPS) is 10.4. The lowest BCUT2D eigenvalue weighted by molar-refractivity contribution is -0.141. The topological polar surface area (TPSA) is 77.4 Å². The summed E-state index contributed by atoms with van der Waals surface area (Å²) in [5.41, 5.74) is 4.82. The molecule has 28 heavy (non-hydrogen) atoms. The maximum absolute atomic E-state index is 12.4. The van der Waals surface area contributed by atoms with Crippen molar-refractivity contribution in [3.05, 3.63) is 70.6 Å². The fourth-order valence-corrected chi connectivity index (χ4v) is 2.91. The number of ether oxygens (including phenoxy) is 1. The van der Waals surface area contributed by atoms with E-state index in [-0.39, 0.29) is 24.8 Å². The Morgan fingerprint density at radius 1 is 1.11 bits per heavy atom. The number of amides is 1. The van der Waals surface area contributed by atoms with Gasteiger partial charge in [-0.15, -0.1) is 6.58 Å². The fraction of sp³-hybridized carbons (Fsp3) is 0.318. The van der Waals surface area contributed by atoms with Crippen molar-refractivity contribution in [3.63, 3.8) is 0 Å². The third-order valence-electron chi connectivity index (χ3n) is 4.71. The molecule has 1 aromatic carbocycles. The van der Waals surface area contributed by atoms with Crippen LogP contribution in [-0.4, -0.2) is 35.4 Å². The molecule has 0 atom stereocenters. The second-order valence-electron chi connectivity index (χ2n) is 6.75. The number of aryl methyl sites for hydroxylation is 3. The van der Waals surface area contributed by atoms with Crippen molar-refractivity contribution in [1.29, 1.82) is 0 Å². The number of Topliss-reactive ketones (excluding diaryl/α,β-unsaturated/α-hetero) is 1. The van der Waals surface area contributed by atoms with E-state index in [1.54, 1.807) is 24.3 Å². The van der Waals surface area contributed by atoms with Crippen LogP contribution < -0.4 is 5.32 Å². The number of nitrogens with zero attached hydrogens (tertiary/aromatic N) is 1. The second-order valence-corrected chi connectivity index (χ2v) is 6.75. The van der Waals surface area contributed by atoms with Crippen molar-refractivity contribution in [1.82, 2.24) is 9.88 Å². The van der Waals surface area contributed by atoms with Gasteiger partial charge in [-0.1, -0.05) is 12.1 Å². The van der Waals surface area contributed by atoms with Crippen LogP contribution in [0.4, 0.5) is 0 Å². The molecule has 0 aliphatic rings. The maximum Gasteiger partial charge on any atom is 0.325 e. The Bertz CT molecular complexity index is 925. The van der Waals surface area contributed by atoms with Crippen LogP contribution in [0.2, 0.25) is 0 Å². The van der Waals surface area contributed by atoms with E-state index in [9.17, 15) is 14.4 Å². The predicted octanol–water partition coefficient (Wildman–Crippen LogP) is 3.06. The highest BCUT2D eigenvalue weighted by molar-refractivity contribution is 6.00. The standard InChI is InChI=1S/C22H26N2O4/c1-6-9-24-16(4)11-19(17(24)5)20(25)13-28-21(26)12-23-22(27)18-8-7-14(2)15(3)10-18/h6-8,10-11H,1,9,12-13H2,2-5H3,(H,23,27). The van der Waals surface area contributed by atoms with Gasteiger partial charge in [-0.05, 0) is 57.0 Å². The number of benzene rings is 1. The quantitative estimate of drug-likeness (QED) is 0.432. The number of rotatable bonds is 8. The predicted molar refractivity (Wildman–Crippen MR) is 108 cm³/mol. The van der Waals surface area contributed by atoms with Gasteiger partial charge in [0.05, 0.1) is 0 Å². The van der Waals surface area contributed by atoms with Crippen LogP contribution in [0.15, 0.2) is 36.9 Å². The van der Waals surface area contributed by atoms with E-state index >= 15 is 0 Å². The highest BCUT2D eigenvalue weighted by atomic mass is 16.5. The van der Waals surface area contributed by atoms with Gasteiger partial charge in [0.15, 0.2) is 6.61 Å². The summed E-state index contributed by atoms with van der Waals surface area (Å²) >= 11 is 0. The monoisotopic (exact) mass is 382 g/mol. The Kier molecular flexibility index (Phi) is 6.93. The number of esters is 1. The van der Waals surface area contributed by atoms with Crippen LogP contribution in [-0.2, 0) is 16.1 Å². The van der Waals surface area contributed by atoms with Crippen LogP contribution in [0.5, 0.6) is 0 Å². The van der Waals surface area contributed by atoms with E-state index in [4.69, 9.17) is 4.74 Å². The lowest BCUT2D eigenvalue weighted by atomic mass is 10.1. The van der Waals surface area contributed by atoms with Crippen LogP contribution >= 0.6 is 0 Å². The lowest BCUT2D eigenvalue weighted by Crippen LogP contribution is -2.31. The van der Waals surface area contributed by atoms with Gasteiger partial charge in [-0.2, -0.15) is 0 Å². The van der Waals surface area contributed by atoms with Crippen molar-refractivity contribution < 1.29 is 19.1 Å². The minimum absolute atomic E-state index is 0.280. The minimum atomic E-state index is -0.662. The molecule has 1 heterocycles. The van der Waals surface area contributed by atoms with Crippen LogP contribution in [0.25, 0.3) is 0 Å². The molecule has 0 saturated carbocycles. The van der Waals surface area contributed by atoms with Gasteiger partial charge in [0.1, 0.15) is 6.54 Å². The first-order valence-corrected chi connectivity index (χ1v) is 9.06. The van der Waals surface area contributed by atoms with Crippen molar-refractivity contribution in [3.8, 4) is 0 Å². The molecule has 1 N–H and O–H groups in total. The Morgan fingerprint density at radius 2 is 1.82 bits per heavy atom. The Balaban J connectivity index is 1.87. The van der Waals surface area contributed by atoms with Crippen molar-refractivity contribution in [2.24, 2.45) is 0 Å². The zero-order valence-electron chi connectivity index (χ0n) is 16.8. The number of aromatic nitrogens is 1. The summed E-state index contributed by atoms with van der Waals surface area (Å²) in [6.45, 7) is 11.3. The number of nitrogens with one attached hydrogen (secondary N) is 1. The largest absolute Gasteiger partial charge is 0.456 e. The third kappa shape index (κ3) is 4.97. The van der Waals surface area contributed by atoms with Crippen LogP contribution in [0.1, 0.15) is 43.2 Å². The SMILES string of the molecule is C=CCn1c(C)cc(C(=O)COC(=O)CNC(=O)c2ccc(C)c(C)c2)c1C. The Labute approximate surface area is 165 Å². The summed E-state index contributed by atoms with van der Waals surface area (Å²) in [7, 11) is 0. The van der Waals surface area contributed by atoms with E-state index in [1.165, 1.54) is 0 Å². The van der Waals surface area contributed by atoms with E-state index in [2.05, 4.69) is 11.9 Å². The van der Waals surface area contributed by atoms with Gasteiger partial charge in [0.2, 0.25) is 5.78 Å². The molecular formula is C22H26N2O4. The van der Waals surface area contributed by atoms with Crippen molar-refractivity contribution in [2.45, 2.75) is 34.2 Å². The zero-order valence-corrected chi connectivity index (χ0v) is 16.8. The van der Waals surface area contributed by atoms with E-state index < -0.39 is 5.97 Å². The first-order valence-electron chi connectivity index (χ1n) is 9.06. The molecule has 1 amide bonds.